The molecule has 0 radical (unpaired) electrons. The van der Waals surface area contributed by atoms with Gasteiger partial charge in [-0.2, -0.15) is 4.98 Å². The van der Waals surface area contributed by atoms with Gasteiger partial charge in [-0.25, -0.2) is 0 Å². The largest absolute Gasteiger partial charge is 0.496 e. The number of rotatable bonds is 6. The summed E-state index contributed by atoms with van der Waals surface area (Å²) in [6, 6.07) is 14.8. The summed E-state index contributed by atoms with van der Waals surface area (Å²) in [5.74, 6) is 1.53. The summed E-state index contributed by atoms with van der Waals surface area (Å²) in [5.41, 5.74) is 2.41. The number of hydrogen-bond donors (Lipinski definition) is 1. The molecular weight excluding hydrogens is 330 g/mol. The van der Waals surface area contributed by atoms with Gasteiger partial charge in [-0.05, 0) is 37.1 Å². The van der Waals surface area contributed by atoms with Crippen LogP contribution in [0.15, 0.2) is 53.1 Å². The third-order valence-corrected chi connectivity index (χ3v) is 4.10. The molecule has 0 saturated carbocycles. The molecule has 0 spiro atoms. The number of ether oxygens (including phenoxy) is 1. The van der Waals surface area contributed by atoms with Crippen molar-refractivity contribution in [2.75, 3.05) is 7.11 Å². The lowest BCUT2D eigenvalue weighted by atomic mass is 10.0. The molecule has 3 aromatic rings. The SMILES string of the molecule is CCC(NC(=O)c1cccc(-c2ccccc2OC)c1)c1nc(C)no1. The lowest BCUT2D eigenvalue weighted by Gasteiger charge is -2.14. The third-order valence-electron chi connectivity index (χ3n) is 4.10. The first-order valence-electron chi connectivity index (χ1n) is 8.47. The van der Waals surface area contributed by atoms with Crippen LogP contribution in [0, 0.1) is 6.92 Å². The molecule has 3 rings (SSSR count). The van der Waals surface area contributed by atoms with Crippen molar-refractivity contribution in [3.63, 3.8) is 0 Å². The Hall–Kier alpha value is -3.15. The van der Waals surface area contributed by atoms with E-state index in [0.29, 0.717) is 23.7 Å². The predicted octanol–water partition coefficient (Wildman–Crippen LogP) is 3.93. The molecule has 0 aliphatic heterocycles. The zero-order valence-corrected chi connectivity index (χ0v) is 15.0. The van der Waals surface area contributed by atoms with Gasteiger partial charge in [0.2, 0.25) is 5.89 Å². The Bertz CT molecular complexity index is 905. The van der Waals surface area contributed by atoms with E-state index in [1.54, 1.807) is 20.1 Å². The maximum Gasteiger partial charge on any atom is 0.251 e. The number of amides is 1. The molecule has 1 heterocycles. The average molecular weight is 351 g/mol. The Morgan fingerprint density at radius 2 is 2.04 bits per heavy atom. The zero-order chi connectivity index (χ0) is 18.5. The summed E-state index contributed by atoms with van der Waals surface area (Å²) in [6.45, 7) is 3.70. The first-order valence-corrected chi connectivity index (χ1v) is 8.47. The van der Waals surface area contributed by atoms with Crippen molar-refractivity contribution >= 4 is 5.91 Å². The summed E-state index contributed by atoms with van der Waals surface area (Å²) in [5, 5.41) is 6.74. The van der Waals surface area contributed by atoms with Gasteiger partial charge in [0.05, 0.1) is 7.11 Å². The normalized spacial score (nSPS) is 11.8. The molecule has 2 aromatic carbocycles. The monoisotopic (exact) mass is 351 g/mol. The van der Waals surface area contributed by atoms with E-state index in [2.05, 4.69) is 15.5 Å². The van der Waals surface area contributed by atoms with Crippen molar-refractivity contribution < 1.29 is 14.1 Å². The van der Waals surface area contributed by atoms with Gasteiger partial charge in [-0.1, -0.05) is 42.4 Å². The Balaban J connectivity index is 1.84. The molecule has 6 nitrogen and oxygen atoms in total. The fourth-order valence-electron chi connectivity index (χ4n) is 2.75. The fourth-order valence-corrected chi connectivity index (χ4v) is 2.75. The van der Waals surface area contributed by atoms with Gasteiger partial charge in [0, 0.05) is 11.1 Å². The van der Waals surface area contributed by atoms with Crippen molar-refractivity contribution in [3.05, 3.63) is 65.8 Å². The molecule has 1 aromatic heterocycles. The zero-order valence-electron chi connectivity index (χ0n) is 15.0. The van der Waals surface area contributed by atoms with Crippen molar-refractivity contribution in [1.29, 1.82) is 0 Å². The number of nitrogens with one attached hydrogen (secondary N) is 1. The molecule has 0 aliphatic rings. The van der Waals surface area contributed by atoms with Crippen molar-refractivity contribution in [1.82, 2.24) is 15.5 Å². The van der Waals surface area contributed by atoms with E-state index in [4.69, 9.17) is 9.26 Å². The van der Waals surface area contributed by atoms with Crippen molar-refractivity contribution in [2.24, 2.45) is 0 Å². The molecule has 26 heavy (non-hydrogen) atoms. The first kappa shape index (κ1) is 17.7. The number of aryl methyl sites for hydroxylation is 1. The minimum Gasteiger partial charge on any atom is -0.496 e. The Labute approximate surface area is 152 Å². The second-order valence-corrected chi connectivity index (χ2v) is 5.90. The topological polar surface area (TPSA) is 77.2 Å². The van der Waals surface area contributed by atoms with Crippen LogP contribution in [0.2, 0.25) is 0 Å². The number of benzene rings is 2. The van der Waals surface area contributed by atoms with E-state index in [0.717, 1.165) is 16.9 Å². The Morgan fingerprint density at radius 3 is 2.73 bits per heavy atom. The van der Waals surface area contributed by atoms with E-state index in [9.17, 15) is 4.79 Å². The second kappa shape index (κ2) is 7.82. The van der Waals surface area contributed by atoms with Crippen LogP contribution in [0.1, 0.15) is 41.5 Å². The van der Waals surface area contributed by atoms with Crippen LogP contribution in [0.5, 0.6) is 5.75 Å². The van der Waals surface area contributed by atoms with Crippen LogP contribution in [-0.4, -0.2) is 23.2 Å². The highest BCUT2D eigenvalue weighted by Gasteiger charge is 2.20. The van der Waals surface area contributed by atoms with Crippen LogP contribution < -0.4 is 10.1 Å². The summed E-state index contributed by atoms with van der Waals surface area (Å²) in [7, 11) is 1.63. The standard InChI is InChI=1S/C20H21N3O3/c1-4-17(20-21-13(2)23-26-20)22-19(24)15-9-7-8-14(12-15)16-10-5-6-11-18(16)25-3/h5-12,17H,4H2,1-3H3,(H,22,24). The number of methoxy groups -OCH3 is 1. The van der Waals surface area contributed by atoms with Gasteiger partial charge >= 0.3 is 0 Å². The highest BCUT2D eigenvalue weighted by molar-refractivity contribution is 5.95. The predicted molar refractivity (Wildman–Crippen MR) is 98.0 cm³/mol. The molecule has 0 fully saturated rings. The maximum absolute atomic E-state index is 12.7. The van der Waals surface area contributed by atoms with E-state index < -0.39 is 0 Å². The molecule has 134 valence electrons. The van der Waals surface area contributed by atoms with E-state index >= 15 is 0 Å². The fraction of sp³-hybridized carbons (Fsp3) is 0.250. The van der Waals surface area contributed by atoms with Crippen LogP contribution in [-0.2, 0) is 0 Å². The minimum atomic E-state index is -0.321. The second-order valence-electron chi connectivity index (χ2n) is 5.90. The Kier molecular flexibility index (Phi) is 5.31. The molecule has 1 atom stereocenters. The van der Waals surface area contributed by atoms with Crippen LogP contribution in [0.25, 0.3) is 11.1 Å². The molecule has 0 saturated heterocycles. The van der Waals surface area contributed by atoms with Gasteiger partial charge in [-0.15, -0.1) is 0 Å². The van der Waals surface area contributed by atoms with E-state index in [1.807, 2.05) is 49.4 Å². The summed E-state index contributed by atoms with van der Waals surface area (Å²) < 4.78 is 10.6. The van der Waals surface area contributed by atoms with Crippen LogP contribution in [0.3, 0.4) is 0 Å². The molecule has 0 aliphatic carbocycles. The van der Waals surface area contributed by atoms with Gasteiger partial charge in [0.15, 0.2) is 5.82 Å². The van der Waals surface area contributed by atoms with E-state index in [-0.39, 0.29) is 11.9 Å². The summed E-state index contributed by atoms with van der Waals surface area (Å²) in [6.07, 6.45) is 0.652. The smallest absolute Gasteiger partial charge is 0.251 e. The van der Waals surface area contributed by atoms with Crippen molar-refractivity contribution in [3.8, 4) is 16.9 Å². The minimum absolute atomic E-state index is 0.190. The molecule has 1 N–H and O–H groups in total. The highest BCUT2D eigenvalue weighted by Crippen LogP contribution is 2.30. The average Bonchev–Trinajstić information content (AvgIpc) is 3.12. The highest BCUT2D eigenvalue weighted by atomic mass is 16.5. The third kappa shape index (κ3) is 3.74. The molecular formula is C20H21N3O3. The van der Waals surface area contributed by atoms with Crippen LogP contribution in [0.4, 0.5) is 0 Å². The molecule has 1 unspecified atom stereocenters. The van der Waals surface area contributed by atoms with Crippen molar-refractivity contribution in [2.45, 2.75) is 26.3 Å². The first-order chi connectivity index (χ1) is 12.6. The molecule has 0 bridgehead atoms. The van der Waals surface area contributed by atoms with E-state index in [1.165, 1.54) is 0 Å². The van der Waals surface area contributed by atoms with Gasteiger partial charge in [-0.3, -0.25) is 4.79 Å². The summed E-state index contributed by atoms with van der Waals surface area (Å²) >= 11 is 0. The number of aromatic nitrogens is 2. The van der Waals surface area contributed by atoms with Gasteiger partial charge in [0.25, 0.3) is 5.91 Å². The lowest BCUT2D eigenvalue weighted by molar-refractivity contribution is 0.0927. The maximum atomic E-state index is 12.7. The quantitative estimate of drug-likeness (QED) is 0.728. The number of hydrogen-bond acceptors (Lipinski definition) is 5. The number of carbonyl (C=O) groups is 1. The molecule has 6 heteroatoms. The summed E-state index contributed by atoms with van der Waals surface area (Å²) in [4.78, 5) is 16.9. The molecule has 1 amide bonds. The van der Waals surface area contributed by atoms with Gasteiger partial charge in [0.1, 0.15) is 11.8 Å². The van der Waals surface area contributed by atoms with Gasteiger partial charge < -0.3 is 14.6 Å². The number of para-hydroxylation sites is 1. The number of nitrogens with zero attached hydrogens (tertiary/aromatic N) is 2. The number of carbonyl (C=O) groups excluding carboxylic acids is 1. The lowest BCUT2D eigenvalue weighted by Crippen LogP contribution is -2.28. The Morgan fingerprint density at radius 1 is 1.23 bits per heavy atom. The van der Waals surface area contributed by atoms with Crippen LogP contribution >= 0.6 is 0 Å².